The van der Waals surface area contributed by atoms with Crippen molar-refractivity contribution < 1.29 is 9.90 Å². The molecule has 0 atom stereocenters. The number of nitrogens with zero attached hydrogens (tertiary/aromatic N) is 1. The zero-order chi connectivity index (χ0) is 11.2. The van der Waals surface area contributed by atoms with Gasteiger partial charge in [-0.25, -0.2) is 0 Å². The Labute approximate surface area is 86.4 Å². The maximum absolute atomic E-state index is 10.5. The number of hydrogen-bond donors (Lipinski definition) is 1. The molecule has 0 saturated carbocycles. The second-order valence-electron chi connectivity index (χ2n) is 4.38. The summed E-state index contributed by atoms with van der Waals surface area (Å²) < 4.78 is 0. The molecule has 3 heteroatoms. The Balaban J connectivity index is 4.10. The summed E-state index contributed by atoms with van der Waals surface area (Å²) in [6.07, 6.45) is 2.96. The van der Waals surface area contributed by atoms with Crippen LogP contribution in [0.1, 0.15) is 33.6 Å². The first-order valence-electron chi connectivity index (χ1n) is 4.95. The first-order chi connectivity index (χ1) is 6.38. The number of carboxylic acid groups (broad SMARTS) is 1. The lowest BCUT2D eigenvalue weighted by Crippen LogP contribution is -2.43. The molecule has 0 rings (SSSR count). The Kier molecular flexibility index (Phi) is 5.46. The maximum Gasteiger partial charge on any atom is 0.304 e. The third-order valence-corrected chi connectivity index (χ3v) is 2.15. The minimum absolute atomic E-state index is 0.0263. The van der Waals surface area contributed by atoms with Crippen LogP contribution in [-0.2, 0) is 4.79 Å². The molecule has 0 aromatic carbocycles. The van der Waals surface area contributed by atoms with Crippen molar-refractivity contribution in [1.29, 1.82) is 0 Å². The zero-order valence-corrected chi connectivity index (χ0v) is 9.42. The number of aliphatic carboxylic acids is 1. The van der Waals surface area contributed by atoms with E-state index >= 15 is 0 Å². The van der Waals surface area contributed by atoms with Crippen LogP contribution in [0.25, 0.3) is 0 Å². The molecule has 0 spiro atoms. The molecule has 0 saturated heterocycles. The fourth-order valence-electron chi connectivity index (χ4n) is 1.26. The van der Waals surface area contributed by atoms with Crippen molar-refractivity contribution in [2.24, 2.45) is 0 Å². The molecule has 1 N–H and O–H groups in total. The molecule has 0 aliphatic carbocycles. The Hall–Kier alpha value is -0.830. The Morgan fingerprint density at radius 1 is 1.43 bits per heavy atom. The van der Waals surface area contributed by atoms with Crippen LogP contribution in [0.3, 0.4) is 0 Å². The van der Waals surface area contributed by atoms with Crippen molar-refractivity contribution in [2.75, 3.05) is 13.1 Å². The second kappa shape index (κ2) is 5.81. The van der Waals surface area contributed by atoms with E-state index in [0.717, 1.165) is 13.0 Å². The van der Waals surface area contributed by atoms with Gasteiger partial charge < -0.3 is 5.11 Å². The number of hydrogen-bond acceptors (Lipinski definition) is 2. The van der Waals surface area contributed by atoms with Crippen LogP contribution >= 0.6 is 0 Å². The average molecular weight is 199 g/mol. The van der Waals surface area contributed by atoms with Crippen LogP contribution in [0, 0.1) is 0 Å². The number of carboxylic acids is 1. The molecular weight excluding hydrogens is 178 g/mol. The summed E-state index contributed by atoms with van der Waals surface area (Å²) in [5, 5.41) is 8.61. The van der Waals surface area contributed by atoms with E-state index in [-0.39, 0.29) is 12.0 Å². The van der Waals surface area contributed by atoms with Gasteiger partial charge in [-0.3, -0.25) is 9.69 Å². The topological polar surface area (TPSA) is 40.5 Å². The van der Waals surface area contributed by atoms with Gasteiger partial charge in [0.1, 0.15) is 0 Å². The van der Waals surface area contributed by atoms with Crippen LogP contribution in [0.15, 0.2) is 12.7 Å². The van der Waals surface area contributed by atoms with E-state index in [1.165, 1.54) is 0 Å². The van der Waals surface area contributed by atoms with Gasteiger partial charge in [0.15, 0.2) is 0 Å². The quantitative estimate of drug-likeness (QED) is 0.666. The molecule has 0 aliphatic heterocycles. The maximum atomic E-state index is 10.5. The van der Waals surface area contributed by atoms with E-state index in [0.29, 0.717) is 6.54 Å². The number of rotatable bonds is 6. The molecule has 0 aromatic heterocycles. The Morgan fingerprint density at radius 2 is 2.00 bits per heavy atom. The molecular formula is C11H21NO2. The van der Waals surface area contributed by atoms with Gasteiger partial charge in [-0.15, -0.1) is 6.58 Å². The fraction of sp³-hybridized carbons (Fsp3) is 0.727. The highest BCUT2D eigenvalue weighted by molar-refractivity contribution is 5.66. The largest absolute Gasteiger partial charge is 0.481 e. The lowest BCUT2D eigenvalue weighted by molar-refractivity contribution is -0.137. The summed E-state index contributed by atoms with van der Waals surface area (Å²) in [4.78, 5) is 12.6. The van der Waals surface area contributed by atoms with Crippen molar-refractivity contribution in [3.8, 4) is 0 Å². The van der Waals surface area contributed by atoms with E-state index < -0.39 is 5.97 Å². The molecule has 3 nitrogen and oxygen atoms in total. The highest BCUT2D eigenvalue weighted by Crippen LogP contribution is 2.14. The van der Waals surface area contributed by atoms with Crippen molar-refractivity contribution >= 4 is 5.97 Å². The average Bonchev–Trinajstić information content (AvgIpc) is 2.01. The van der Waals surface area contributed by atoms with Gasteiger partial charge in [0.05, 0.1) is 6.42 Å². The summed E-state index contributed by atoms with van der Waals surface area (Å²) >= 11 is 0. The van der Waals surface area contributed by atoms with Gasteiger partial charge in [-0.1, -0.05) is 6.08 Å². The molecule has 0 heterocycles. The molecule has 0 radical (unpaired) electrons. The normalized spacial score (nSPS) is 11.7. The minimum Gasteiger partial charge on any atom is -0.481 e. The van der Waals surface area contributed by atoms with E-state index in [4.69, 9.17) is 5.11 Å². The molecule has 82 valence electrons. The smallest absolute Gasteiger partial charge is 0.304 e. The molecule has 0 fully saturated rings. The van der Waals surface area contributed by atoms with E-state index in [2.05, 4.69) is 32.3 Å². The predicted molar refractivity (Wildman–Crippen MR) is 58.4 cm³/mol. The van der Waals surface area contributed by atoms with E-state index in [1.54, 1.807) is 0 Å². The van der Waals surface area contributed by atoms with Crippen molar-refractivity contribution in [3.05, 3.63) is 12.7 Å². The molecule has 0 aromatic rings. The van der Waals surface area contributed by atoms with Crippen molar-refractivity contribution in [2.45, 2.75) is 39.2 Å². The first-order valence-corrected chi connectivity index (χ1v) is 4.95. The summed E-state index contributed by atoms with van der Waals surface area (Å²) in [5.41, 5.74) is 0.0263. The van der Waals surface area contributed by atoms with Gasteiger partial charge in [-0.2, -0.15) is 0 Å². The lowest BCUT2D eigenvalue weighted by Gasteiger charge is -2.35. The summed E-state index contributed by atoms with van der Waals surface area (Å²) in [6, 6.07) is 0. The van der Waals surface area contributed by atoms with Crippen LogP contribution in [-0.4, -0.2) is 34.6 Å². The third kappa shape index (κ3) is 5.75. The van der Waals surface area contributed by atoms with Gasteiger partial charge in [0.25, 0.3) is 0 Å². The summed E-state index contributed by atoms with van der Waals surface area (Å²) in [5.74, 6) is -0.738. The lowest BCUT2D eigenvalue weighted by atomic mass is 10.1. The van der Waals surface area contributed by atoms with Gasteiger partial charge >= 0.3 is 5.97 Å². The van der Waals surface area contributed by atoms with Crippen LogP contribution < -0.4 is 0 Å². The highest BCUT2D eigenvalue weighted by atomic mass is 16.4. The first kappa shape index (κ1) is 13.2. The Bertz CT molecular complexity index is 194. The third-order valence-electron chi connectivity index (χ3n) is 2.15. The van der Waals surface area contributed by atoms with E-state index in [9.17, 15) is 4.79 Å². The van der Waals surface area contributed by atoms with Crippen LogP contribution in [0.2, 0.25) is 0 Å². The molecule has 0 aliphatic rings. The van der Waals surface area contributed by atoms with Gasteiger partial charge in [-0.05, 0) is 27.2 Å². The monoisotopic (exact) mass is 199 g/mol. The number of carbonyl (C=O) groups is 1. The molecule has 14 heavy (non-hydrogen) atoms. The SMILES string of the molecule is C=CCCN(CCC(=O)O)C(C)(C)C. The standard InChI is InChI=1S/C11H21NO2/c1-5-6-8-12(11(2,3)4)9-7-10(13)14/h5H,1,6-9H2,2-4H3,(H,13,14). The minimum atomic E-state index is -0.738. The molecule has 0 unspecified atom stereocenters. The summed E-state index contributed by atoms with van der Waals surface area (Å²) in [7, 11) is 0. The molecule has 0 bridgehead atoms. The van der Waals surface area contributed by atoms with Gasteiger partial charge in [0, 0.05) is 18.6 Å². The van der Waals surface area contributed by atoms with Crippen molar-refractivity contribution in [1.82, 2.24) is 4.90 Å². The summed E-state index contributed by atoms with van der Waals surface area (Å²) in [6.45, 7) is 11.4. The second-order valence-corrected chi connectivity index (χ2v) is 4.38. The van der Waals surface area contributed by atoms with Crippen LogP contribution in [0.4, 0.5) is 0 Å². The fourth-order valence-corrected chi connectivity index (χ4v) is 1.26. The highest BCUT2D eigenvalue weighted by Gasteiger charge is 2.20. The Morgan fingerprint density at radius 3 is 2.36 bits per heavy atom. The zero-order valence-electron chi connectivity index (χ0n) is 9.42. The van der Waals surface area contributed by atoms with Crippen molar-refractivity contribution in [3.63, 3.8) is 0 Å². The molecule has 0 amide bonds. The van der Waals surface area contributed by atoms with E-state index in [1.807, 2.05) is 6.08 Å². The van der Waals surface area contributed by atoms with Gasteiger partial charge in [0.2, 0.25) is 0 Å². The predicted octanol–water partition coefficient (Wildman–Crippen LogP) is 2.14. The van der Waals surface area contributed by atoms with Crippen LogP contribution in [0.5, 0.6) is 0 Å².